The molecule has 9 heavy (non-hydrogen) atoms. The molecule has 0 heterocycles. The van der Waals surface area contributed by atoms with Crippen LogP contribution in [0.2, 0.25) is 0 Å². The first-order chi connectivity index (χ1) is 4.06. The van der Waals surface area contributed by atoms with E-state index in [1.807, 2.05) is 0 Å². The Morgan fingerprint density at radius 2 is 1.22 bits per heavy atom. The molecule has 0 aromatic rings. The first-order valence-corrected chi connectivity index (χ1v) is 2.83. The van der Waals surface area contributed by atoms with Crippen LogP contribution in [0, 0.1) is 0 Å². The van der Waals surface area contributed by atoms with Crippen molar-refractivity contribution in [1.82, 2.24) is 0 Å². The Labute approximate surface area is 65.2 Å². The van der Waals surface area contributed by atoms with Crippen molar-refractivity contribution in [3.63, 3.8) is 0 Å². The van der Waals surface area contributed by atoms with Crippen LogP contribution in [0.25, 0.3) is 0 Å². The molecule has 0 rings (SSSR count). The summed E-state index contributed by atoms with van der Waals surface area (Å²) < 4.78 is 32.0. The van der Waals surface area contributed by atoms with Gasteiger partial charge in [-0.15, -0.1) is 0 Å². The van der Waals surface area contributed by atoms with E-state index in [9.17, 15) is 13.2 Å². The summed E-state index contributed by atoms with van der Waals surface area (Å²) in [4.78, 5) is 0. The fourth-order valence-corrected chi connectivity index (χ4v) is 0. The second kappa shape index (κ2) is 8.40. The van der Waals surface area contributed by atoms with E-state index in [0.29, 0.717) is 0 Å². The quantitative estimate of drug-likeness (QED) is 0.524. The highest BCUT2D eigenvalue weighted by Crippen LogP contribution is 2.14. The summed E-state index contributed by atoms with van der Waals surface area (Å²) >= 11 is 13.0. The Kier molecular flexibility index (Phi) is 11.3. The monoisotopic (exact) mass is 200 g/mol. The van der Waals surface area contributed by atoms with Crippen molar-refractivity contribution in [2.75, 3.05) is 6.13 Å². The lowest BCUT2D eigenvalue weighted by atomic mass is 11.1. The molecule has 0 aromatic heterocycles. The summed E-state index contributed by atoms with van der Waals surface area (Å²) in [5.74, 6) is 0. The first kappa shape index (κ1) is 12.1. The Morgan fingerprint density at radius 3 is 1.22 bits per heavy atom. The van der Waals surface area contributed by atoms with Gasteiger partial charge in [0.15, 0.2) is 6.13 Å². The molecular weight excluding hydrogens is 199 g/mol. The number of halogens is 6. The molecule has 0 aliphatic heterocycles. The van der Waals surface area contributed by atoms with Gasteiger partial charge in [-0.25, -0.2) is 4.39 Å². The summed E-state index contributed by atoms with van der Waals surface area (Å²) in [7, 11) is 0. The largest absolute Gasteiger partial charge is 0.236 e. The number of rotatable bonds is 0. The summed E-state index contributed by atoms with van der Waals surface area (Å²) in [6, 6.07) is 0. The lowest BCUT2D eigenvalue weighted by Gasteiger charge is -1.72. The van der Waals surface area contributed by atoms with Gasteiger partial charge >= 0.3 is 0 Å². The minimum Gasteiger partial charge on any atom is -0.234 e. The maximum Gasteiger partial charge on any atom is 0.236 e. The predicted octanol–water partition coefficient (Wildman–Crippen LogP) is 3.68. The summed E-state index contributed by atoms with van der Waals surface area (Å²) in [6.07, 6.45) is -0.778. The van der Waals surface area contributed by atoms with Crippen molar-refractivity contribution in [1.29, 1.82) is 0 Å². The molecule has 0 amide bonds. The fraction of sp³-hybridized carbons (Fsp3) is 0.333. The Morgan fingerprint density at radius 1 is 1.11 bits per heavy atom. The molecule has 0 atom stereocenters. The van der Waals surface area contributed by atoms with Gasteiger partial charge in [-0.3, -0.25) is 0 Å². The van der Waals surface area contributed by atoms with E-state index in [2.05, 4.69) is 34.8 Å². The van der Waals surface area contributed by atoms with Crippen LogP contribution in [0.15, 0.2) is 10.6 Å². The Balaban J connectivity index is 0. The Hall–Kier alpha value is 0.400. The zero-order valence-corrected chi connectivity index (χ0v) is 6.24. The van der Waals surface area contributed by atoms with E-state index in [1.165, 1.54) is 0 Å². The van der Waals surface area contributed by atoms with Crippen LogP contribution in [0.5, 0.6) is 0 Å². The molecule has 0 unspecified atom stereocenters. The van der Waals surface area contributed by atoms with Crippen molar-refractivity contribution in [2.24, 2.45) is 0 Å². The molecular formula is C3H2Cl3F3. The summed E-state index contributed by atoms with van der Waals surface area (Å²) in [5.41, 5.74) is 0. The molecule has 56 valence electrons. The van der Waals surface area contributed by atoms with Crippen LogP contribution < -0.4 is 0 Å². The predicted molar refractivity (Wildman–Crippen MR) is 32.8 cm³/mol. The average Bonchev–Trinajstić information content (AvgIpc) is 1.68. The molecule has 6 heteroatoms. The van der Waals surface area contributed by atoms with Crippen molar-refractivity contribution >= 4 is 34.8 Å². The topological polar surface area (TPSA) is 0 Å². The molecule has 0 aliphatic carbocycles. The minimum absolute atomic E-state index is 0.778. The molecule has 0 nitrogen and oxygen atoms in total. The van der Waals surface area contributed by atoms with E-state index in [4.69, 9.17) is 0 Å². The van der Waals surface area contributed by atoms with Crippen molar-refractivity contribution in [3.8, 4) is 0 Å². The van der Waals surface area contributed by atoms with E-state index in [-0.39, 0.29) is 0 Å². The zero-order valence-electron chi connectivity index (χ0n) is 3.97. The standard InChI is InChI=1S/C2Cl2F2.CH2ClF/c3-1(5)2(4)6;2-1-3/h;1H2. The number of alkyl halides is 2. The molecule has 0 saturated carbocycles. The molecule has 0 saturated heterocycles. The van der Waals surface area contributed by atoms with Crippen LogP contribution in [0.1, 0.15) is 0 Å². The van der Waals surface area contributed by atoms with Crippen LogP contribution >= 0.6 is 34.8 Å². The third-order valence-electron chi connectivity index (χ3n) is 0.143. The number of hydrogen-bond acceptors (Lipinski definition) is 0. The Bertz CT molecular complexity index is 74.3. The van der Waals surface area contributed by atoms with Gasteiger partial charge in [-0.1, -0.05) is 11.6 Å². The van der Waals surface area contributed by atoms with E-state index < -0.39 is 16.7 Å². The van der Waals surface area contributed by atoms with Gasteiger partial charge in [0.25, 0.3) is 0 Å². The van der Waals surface area contributed by atoms with Gasteiger partial charge < -0.3 is 0 Å². The molecule has 0 aromatic carbocycles. The van der Waals surface area contributed by atoms with Crippen LogP contribution in [-0.2, 0) is 0 Å². The average molecular weight is 201 g/mol. The van der Waals surface area contributed by atoms with E-state index in [0.717, 1.165) is 0 Å². The normalized spacial score (nSPS) is 11.3. The van der Waals surface area contributed by atoms with Gasteiger partial charge in [0, 0.05) is 0 Å². The highest BCUT2D eigenvalue weighted by atomic mass is 35.5. The molecule has 0 fully saturated rings. The second-order valence-corrected chi connectivity index (χ2v) is 1.49. The lowest BCUT2D eigenvalue weighted by molar-refractivity contribution is 0.599. The summed E-state index contributed by atoms with van der Waals surface area (Å²) in [6.45, 7) is 0. The smallest absolute Gasteiger partial charge is 0.234 e. The molecule has 0 aliphatic rings. The molecule has 0 spiro atoms. The zero-order chi connectivity index (χ0) is 7.86. The maximum absolute atomic E-state index is 11.0. The number of hydrogen-bond donors (Lipinski definition) is 0. The van der Waals surface area contributed by atoms with Crippen molar-refractivity contribution in [2.45, 2.75) is 0 Å². The van der Waals surface area contributed by atoms with Crippen LogP contribution in [-0.4, -0.2) is 6.13 Å². The SMILES string of the molecule is FC(Cl)=C(F)Cl.FCCl. The van der Waals surface area contributed by atoms with Gasteiger partial charge in [-0.2, -0.15) is 8.78 Å². The lowest BCUT2D eigenvalue weighted by Crippen LogP contribution is -1.52. The molecule has 0 bridgehead atoms. The fourth-order valence-electron chi connectivity index (χ4n) is 0. The second-order valence-electron chi connectivity index (χ2n) is 0.622. The minimum atomic E-state index is -1.50. The summed E-state index contributed by atoms with van der Waals surface area (Å²) in [5, 5.41) is -3.01. The molecule has 0 N–H and O–H groups in total. The molecule has 0 radical (unpaired) electrons. The first-order valence-electron chi connectivity index (χ1n) is 1.54. The van der Waals surface area contributed by atoms with E-state index in [1.54, 1.807) is 0 Å². The van der Waals surface area contributed by atoms with E-state index >= 15 is 0 Å². The third kappa shape index (κ3) is 17.8. The van der Waals surface area contributed by atoms with Crippen LogP contribution in [0.4, 0.5) is 13.2 Å². The van der Waals surface area contributed by atoms with Crippen molar-refractivity contribution < 1.29 is 13.2 Å². The van der Waals surface area contributed by atoms with Gasteiger partial charge in [0.1, 0.15) is 0 Å². The van der Waals surface area contributed by atoms with Crippen molar-refractivity contribution in [3.05, 3.63) is 10.6 Å². The maximum atomic E-state index is 11.0. The highest BCUT2D eigenvalue weighted by Gasteiger charge is 1.93. The third-order valence-corrected chi connectivity index (χ3v) is 0.571. The van der Waals surface area contributed by atoms with Gasteiger partial charge in [0.05, 0.1) is 0 Å². The highest BCUT2D eigenvalue weighted by molar-refractivity contribution is 6.37. The van der Waals surface area contributed by atoms with Gasteiger partial charge in [0.2, 0.25) is 10.6 Å². The van der Waals surface area contributed by atoms with Gasteiger partial charge in [-0.05, 0) is 23.2 Å². The van der Waals surface area contributed by atoms with Crippen LogP contribution in [0.3, 0.4) is 0 Å².